The van der Waals surface area contributed by atoms with E-state index in [2.05, 4.69) is 38.5 Å². The summed E-state index contributed by atoms with van der Waals surface area (Å²) in [6.45, 7) is 6.44. The van der Waals surface area contributed by atoms with Gasteiger partial charge in [-0.2, -0.15) is 0 Å². The fourth-order valence-electron chi connectivity index (χ4n) is 1.74. The van der Waals surface area contributed by atoms with Gasteiger partial charge in [-0.25, -0.2) is 0 Å². The summed E-state index contributed by atoms with van der Waals surface area (Å²) in [4.78, 5) is 19.7. The van der Waals surface area contributed by atoms with Gasteiger partial charge in [-0.3, -0.25) is 0 Å². The monoisotopic (exact) mass is 405 g/mol. The maximum absolute atomic E-state index is 9.83. The summed E-state index contributed by atoms with van der Waals surface area (Å²) >= 11 is 2.21. The number of aliphatic carboxylic acids is 2. The molecular weight excluding hydrogens is 370 g/mol. The Morgan fingerprint density at radius 2 is 1.08 bits per heavy atom. The predicted octanol–water partition coefficient (Wildman–Crippen LogP) is 3.12. The summed E-state index contributed by atoms with van der Waals surface area (Å²) in [6, 6.07) is 0. The first-order valence-corrected chi connectivity index (χ1v) is 9.71. The van der Waals surface area contributed by atoms with Crippen LogP contribution in [0.15, 0.2) is 24.3 Å². The van der Waals surface area contributed by atoms with E-state index in [-0.39, 0.29) is 16.8 Å². The molecule has 0 aliphatic heterocycles. The first kappa shape index (κ1) is 33.1. The third-order valence-electron chi connectivity index (χ3n) is 3.16. The Morgan fingerprint density at radius 1 is 0.731 bits per heavy atom. The standard InChI is InChI=1S/2C8H14O2.C4H9.Co.Li/c2*1-2-3-4-5-6-7-8(9)10;1-3-4-2;;/h2*6-7H,2-5H2,1H3,(H,9,10);1,3-4H2,2H3;;/q;;;+2;/p-2. The Bertz CT molecular complexity index is 313. The number of hydrogen-bond acceptors (Lipinski definition) is 4. The summed E-state index contributed by atoms with van der Waals surface area (Å²) in [7, 11) is 0. The van der Waals surface area contributed by atoms with Gasteiger partial charge < -0.3 is 19.8 Å². The van der Waals surface area contributed by atoms with Gasteiger partial charge in [-0.05, 0) is 37.8 Å². The molecule has 0 saturated heterocycles. The molecule has 0 rings (SSSR count). The molecule has 0 amide bonds. The fourth-order valence-corrected chi connectivity index (χ4v) is 1.74. The van der Waals surface area contributed by atoms with Gasteiger partial charge in [0.25, 0.3) is 0 Å². The molecule has 0 heterocycles. The molecule has 0 unspecified atom stereocenters. The average Bonchev–Trinajstić information content (AvgIpc) is 2.56. The third-order valence-corrected chi connectivity index (χ3v) is 3.16. The van der Waals surface area contributed by atoms with Crippen LogP contribution in [0.25, 0.3) is 0 Å². The van der Waals surface area contributed by atoms with Crippen molar-refractivity contribution in [1.29, 1.82) is 0 Å². The fraction of sp³-hybridized carbons (Fsp3) is 0.700. The van der Waals surface area contributed by atoms with Gasteiger partial charge in [0.05, 0.1) is 11.9 Å². The summed E-state index contributed by atoms with van der Waals surface area (Å²) < 4.78 is 0. The number of unbranched alkanes of at least 4 members (excludes halogenated alkanes) is 7. The van der Waals surface area contributed by atoms with Crippen LogP contribution in [0.5, 0.6) is 0 Å². The van der Waals surface area contributed by atoms with E-state index in [1.54, 1.807) is 12.2 Å². The molecule has 0 atom stereocenters. The molecule has 0 aromatic heterocycles. The summed E-state index contributed by atoms with van der Waals surface area (Å²) in [5.41, 5.74) is 0. The maximum atomic E-state index is 9.83. The number of rotatable bonds is 12. The molecule has 0 aliphatic rings. The third kappa shape index (κ3) is 49.5. The van der Waals surface area contributed by atoms with E-state index >= 15 is 0 Å². The van der Waals surface area contributed by atoms with Gasteiger partial charge in [0.1, 0.15) is 0 Å². The van der Waals surface area contributed by atoms with Gasteiger partial charge in [0.2, 0.25) is 0 Å². The second kappa shape index (κ2) is 32.2. The molecule has 0 fully saturated rings. The zero-order valence-electron chi connectivity index (χ0n) is 17.1. The second-order valence-corrected chi connectivity index (χ2v) is 5.79. The number of allylic oxidation sites excluding steroid dienone is 2. The Labute approximate surface area is 180 Å². The molecule has 0 saturated carbocycles. The Hall–Kier alpha value is -0.476. The van der Waals surface area contributed by atoms with Crippen LogP contribution in [0.4, 0.5) is 0 Å². The molecule has 1 radical (unpaired) electrons. The summed E-state index contributed by atoms with van der Waals surface area (Å²) in [5.74, 6) is -2.20. The van der Waals surface area contributed by atoms with E-state index < -0.39 is 11.9 Å². The summed E-state index contributed by atoms with van der Waals surface area (Å²) in [5, 5.41) is 21.0. The van der Waals surface area contributed by atoms with Crippen molar-refractivity contribution < 1.29 is 36.6 Å². The van der Waals surface area contributed by atoms with Gasteiger partial charge in [0.15, 0.2) is 0 Å². The molecule has 0 aromatic rings. The van der Waals surface area contributed by atoms with Crippen molar-refractivity contribution in [2.75, 3.05) is 0 Å². The topological polar surface area (TPSA) is 80.3 Å². The molecule has 0 spiro atoms. The Morgan fingerprint density at radius 3 is 1.27 bits per heavy atom. The van der Waals surface area contributed by atoms with Crippen LogP contribution >= 0.6 is 0 Å². The van der Waals surface area contributed by atoms with E-state index in [0.717, 1.165) is 50.7 Å². The van der Waals surface area contributed by atoms with E-state index in [4.69, 9.17) is 0 Å². The molecule has 149 valence electrons. The first-order valence-electron chi connectivity index (χ1n) is 9.71. The zero-order valence-corrected chi connectivity index (χ0v) is 18.1. The van der Waals surface area contributed by atoms with Crippen LogP contribution in [0.2, 0.25) is 5.09 Å². The molecule has 0 bridgehead atoms. The van der Waals surface area contributed by atoms with Gasteiger partial charge >= 0.3 is 59.4 Å². The van der Waals surface area contributed by atoms with Crippen molar-refractivity contribution in [3.8, 4) is 0 Å². The van der Waals surface area contributed by atoms with Crippen LogP contribution in [0.3, 0.4) is 0 Å². The summed E-state index contributed by atoms with van der Waals surface area (Å²) in [6.07, 6.45) is 16.7. The van der Waals surface area contributed by atoms with Crippen molar-refractivity contribution in [2.24, 2.45) is 0 Å². The zero-order chi connectivity index (χ0) is 19.8. The Balaban J connectivity index is -0.000000145. The molecule has 4 nitrogen and oxygen atoms in total. The van der Waals surface area contributed by atoms with E-state index in [1.807, 2.05) is 0 Å². The van der Waals surface area contributed by atoms with E-state index in [9.17, 15) is 19.8 Å². The molecule has 0 aliphatic carbocycles. The predicted molar refractivity (Wildman–Crippen MR) is 102 cm³/mol. The quantitative estimate of drug-likeness (QED) is 0.284. The van der Waals surface area contributed by atoms with Crippen molar-refractivity contribution in [3.63, 3.8) is 0 Å². The van der Waals surface area contributed by atoms with Crippen molar-refractivity contribution in [2.45, 2.75) is 90.1 Å². The number of carboxylic acid groups (broad SMARTS) is 2. The van der Waals surface area contributed by atoms with Crippen molar-refractivity contribution >= 4 is 29.7 Å². The number of carboxylic acids is 2. The number of hydrogen-bond donors (Lipinski definition) is 0. The Kier molecular flexibility index (Phi) is 41.1. The first-order chi connectivity index (χ1) is 12.0. The van der Waals surface area contributed by atoms with Gasteiger partial charge in [-0.1, -0.05) is 51.7 Å². The number of carbonyl (C=O) groups is 2. The van der Waals surface area contributed by atoms with Crippen LogP contribution in [0.1, 0.15) is 85.0 Å². The molecular formula is C20H35CoLiO4. The molecule has 26 heavy (non-hydrogen) atoms. The van der Waals surface area contributed by atoms with Crippen LogP contribution < -0.4 is 10.2 Å². The minimum absolute atomic E-state index is 0. The average molecular weight is 405 g/mol. The van der Waals surface area contributed by atoms with Crippen LogP contribution in [-0.4, -0.2) is 29.7 Å². The van der Waals surface area contributed by atoms with Crippen molar-refractivity contribution in [1.82, 2.24) is 0 Å². The van der Waals surface area contributed by atoms with Crippen LogP contribution in [-0.2, 0) is 26.4 Å². The van der Waals surface area contributed by atoms with Gasteiger partial charge in [-0.15, -0.1) is 0 Å². The van der Waals surface area contributed by atoms with E-state index in [1.165, 1.54) is 30.8 Å². The minimum atomic E-state index is -1.10. The van der Waals surface area contributed by atoms with Gasteiger partial charge in [0, 0.05) is 0 Å². The van der Waals surface area contributed by atoms with Crippen LogP contribution in [0, 0.1) is 0 Å². The molecule has 0 N–H and O–H groups in total. The van der Waals surface area contributed by atoms with E-state index in [0.29, 0.717) is 0 Å². The molecule has 6 heteroatoms. The van der Waals surface area contributed by atoms with Crippen molar-refractivity contribution in [3.05, 3.63) is 24.3 Å². The SMILES string of the molecule is CCCCCC=CC(=O)[O-].CCCCCC=CC(=O)[O-].[Co+2].[Li][CH2]CCC. The molecule has 0 aromatic carbocycles. The normalized spacial score (nSPS) is 9.73. The second-order valence-electron chi connectivity index (χ2n) is 5.79. The number of carbonyl (C=O) groups excluding carboxylic acids is 2.